The zero-order valence-electron chi connectivity index (χ0n) is 21.4. The number of amides is 3. The number of likely N-dealkylation sites (N-methyl/N-ethyl adjacent to an activating group) is 1. The third-order valence-electron chi connectivity index (χ3n) is 6.30. The van der Waals surface area contributed by atoms with E-state index in [9.17, 15) is 24.3 Å². The molecule has 2 rings (SSSR count). The van der Waals surface area contributed by atoms with Gasteiger partial charge in [0.25, 0.3) is 0 Å². The lowest BCUT2D eigenvalue weighted by Gasteiger charge is -2.38. The Kier molecular flexibility index (Phi) is 9.65. The van der Waals surface area contributed by atoms with Crippen LogP contribution in [0.3, 0.4) is 0 Å². The molecule has 1 aliphatic heterocycles. The zero-order chi connectivity index (χ0) is 27.2. The molecule has 200 valence electrons. The van der Waals surface area contributed by atoms with E-state index in [2.05, 4.69) is 21.3 Å². The Balaban J connectivity index is 2.70. The number of rotatable bonds is 7. The molecule has 1 aromatic rings. The lowest BCUT2D eigenvalue weighted by molar-refractivity contribution is -0.141. The summed E-state index contributed by atoms with van der Waals surface area (Å²) in [7, 11) is 2.93. The molecule has 5 atom stereocenters. The van der Waals surface area contributed by atoms with Crippen LogP contribution in [-0.2, 0) is 19.2 Å². The van der Waals surface area contributed by atoms with E-state index in [4.69, 9.17) is 14.6 Å². The molecule has 6 N–H and O–H groups in total. The number of carboxylic acids is 1. The van der Waals surface area contributed by atoms with Crippen LogP contribution in [0.15, 0.2) is 18.2 Å². The van der Waals surface area contributed by atoms with Crippen LogP contribution in [-0.4, -0.2) is 78.3 Å². The smallest absolute Gasteiger partial charge is 0.322 e. The fraction of sp³-hybridized carbons (Fsp3) is 0.583. The molecule has 0 fully saturated rings. The van der Waals surface area contributed by atoms with E-state index in [-0.39, 0.29) is 18.1 Å². The number of aliphatic carboxylic acids is 1. The Morgan fingerprint density at radius 3 is 2.42 bits per heavy atom. The largest absolute Gasteiger partial charge is 0.493 e. The molecule has 2 bridgehead atoms. The highest BCUT2D eigenvalue weighted by atomic mass is 16.5. The van der Waals surface area contributed by atoms with Crippen molar-refractivity contribution in [3.05, 3.63) is 23.8 Å². The second-order valence-electron chi connectivity index (χ2n) is 9.17. The van der Waals surface area contributed by atoms with E-state index >= 15 is 0 Å². The fourth-order valence-corrected chi connectivity index (χ4v) is 3.94. The van der Waals surface area contributed by atoms with Gasteiger partial charge in [0, 0.05) is 0 Å². The third kappa shape index (κ3) is 6.43. The van der Waals surface area contributed by atoms with E-state index < -0.39 is 60.1 Å². The molecule has 0 aromatic heterocycles. The number of hydrogen-bond donors (Lipinski definition) is 6. The van der Waals surface area contributed by atoms with Crippen molar-refractivity contribution in [2.24, 2.45) is 5.92 Å². The molecule has 12 heteroatoms. The monoisotopic (exact) mass is 508 g/mol. The van der Waals surface area contributed by atoms with Crippen molar-refractivity contribution < 1.29 is 38.9 Å². The number of benzene rings is 1. The molecule has 3 amide bonds. The van der Waals surface area contributed by atoms with Crippen LogP contribution in [0.25, 0.3) is 0 Å². The van der Waals surface area contributed by atoms with Crippen LogP contribution in [0.5, 0.6) is 11.5 Å². The molecule has 0 aliphatic carbocycles. The Labute approximate surface area is 210 Å². The maximum atomic E-state index is 13.4. The summed E-state index contributed by atoms with van der Waals surface area (Å²) in [5.74, 6) is -3.25. The number of carboxylic acid groups (broad SMARTS) is 1. The van der Waals surface area contributed by atoms with Crippen LogP contribution in [0.2, 0.25) is 0 Å². The first kappa shape index (κ1) is 28.9. The topological polar surface area (TPSA) is 175 Å². The second kappa shape index (κ2) is 12.0. The molecular weight excluding hydrogens is 472 g/mol. The van der Waals surface area contributed by atoms with Gasteiger partial charge in [-0.2, -0.15) is 0 Å². The van der Waals surface area contributed by atoms with Crippen LogP contribution >= 0.6 is 0 Å². The van der Waals surface area contributed by atoms with Crippen LogP contribution in [0.1, 0.15) is 45.8 Å². The first-order chi connectivity index (χ1) is 16.9. The molecule has 1 unspecified atom stereocenters. The van der Waals surface area contributed by atoms with Crippen molar-refractivity contribution in [3.8, 4) is 11.5 Å². The van der Waals surface area contributed by atoms with Crippen molar-refractivity contribution in [2.45, 2.75) is 63.9 Å². The summed E-state index contributed by atoms with van der Waals surface area (Å²) in [5.41, 5.74) is -1.04. The van der Waals surface area contributed by atoms with Gasteiger partial charge in [-0.1, -0.05) is 26.8 Å². The molecule has 0 saturated heterocycles. The van der Waals surface area contributed by atoms with Crippen LogP contribution in [0.4, 0.5) is 0 Å². The number of aliphatic hydroxyl groups excluding tert-OH is 1. The number of methoxy groups -OCH3 is 1. The summed E-state index contributed by atoms with van der Waals surface area (Å²) in [4.78, 5) is 50.7. The van der Waals surface area contributed by atoms with E-state index in [1.54, 1.807) is 39.8 Å². The van der Waals surface area contributed by atoms with Gasteiger partial charge in [-0.25, -0.2) is 0 Å². The maximum absolute atomic E-state index is 13.4. The molecule has 0 saturated carbocycles. The molecule has 36 heavy (non-hydrogen) atoms. The second-order valence-corrected chi connectivity index (χ2v) is 9.17. The predicted octanol–water partition coefficient (Wildman–Crippen LogP) is -0.296. The molecule has 1 heterocycles. The first-order valence-corrected chi connectivity index (χ1v) is 11.7. The van der Waals surface area contributed by atoms with Crippen molar-refractivity contribution in [2.75, 3.05) is 20.7 Å². The number of fused-ring (bicyclic) bond motifs is 2. The van der Waals surface area contributed by atoms with Gasteiger partial charge in [0.1, 0.15) is 36.4 Å². The van der Waals surface area contributed by atoms with Gasteiger partial charge >= 0.3 is 5.97 Å². The van der Waals surface area contributed by atoms with Crippen LogP contribution in [0, 0.1) is 5.92 Å². The van der Waals surface area contributed by atoms with E-state index in [0.29, 0.717) is 11.3 Å². The summed E-state index contributed by atoms with van der Waals surface area (Å²) < 4.78 is 11.7. The Morgan fingerprint density at radius 2 is 1.89 bits per heavy atom. The Morgan fingerprint density at radius 1 is 1.22 bits per heavy atom. The third-order valence-corrected chi connectivity index (χ3v) is 6.30. The lowest BCUT2D eigenvalue weighted by atomic mass is 9.91. The number of carbonyl (C=O) groups is 4. The highest BCUT2D eigenvalue weighted by Gasteiger charge is 2.44. The van der Waals surface area contributed by atoms with Crippen molar-refractivity contribution in [3.63, 3.8) is 0 Å². The molecule has 12 nitrogen and oxygen atoms in total. The highest BCUT2D eigenvalue weighted by molar-refractivity contribution is 5.94. The molecule has 0 spiro atoms. The molecule has 0 radical (unpaired) electrons. The normalized spacial score (nSPS) is 26.9. The highest BCUT2D eigenvalue weighted by Crippen LogP contribution is 2.36. The number of aliphatic hydroxyl groups is 1. The number of carbonyl (C=O) groups excluding carboxylic acids is 3. The number of ether oxygens (including phenoxy) is 2. The summed E-state index contributed by atoms with van der Waals surface area (Å²) in [6.45, 7) is 6.11. The zero-order valence-corrected chi connectivity index (χ0v) is 21.4. The summed E-state index contributed by atoms with van der Waals surface area (Å²) in [5, 5.41) is 30.4. The van der Waals surface area contributed by atoms with Crippen molar-refractivity contribution in [1.82, 2.24) is 21.3 Å². The van der Waals surface area contributed by atoms with Crippen LogP contribution < -0.4 is 30.7 Å². The van der Waals surface area contributed by atoms with Gasteiger partial charge in [-0.05, 0) is 44.0 Å². The van der Waals surface area contributed by atoms with Gasteiger partial charge in [-0.3, -0.25) is 19.2 Å². The molecule has 1 aromatic carbocycles. The summed E-state index contributed by atoms with van der Waals surface area (Å²) in [6, 6.07) is 1.14. The summed E-state index contributed by atoms with van der Waals surface area (Å²) in [6.07, 6.45) is -1.09. The first-order valence-electron chi connectivity index (χ1n) is 11.7. The Bertz CT molecular complexity index is 985. The minimum Gasteiger partial charge on any atom is -0.493 e. The molecule has 1 aliphatic rings. The fourth-order valence-electron chi connectivity index (χ4n) is 3.94. The SMILES string of the molecule is CC[C@@]1(C)Oc2cc(ccc2OC)[C@@H](O)C(NC)C(=O)N[C@@H](C(C)C)C(=O)N[C@@H]1C(=O)NCC(=O)O. The number of hydrogen-bond acceptors (Lipinski definition) is 8. The van der Waals surface area contributed by atoms with E-state index in [1.165, 1.54) is 20.2 Å². The minimum atomic E-state index is -1.38. The molecular formula is C24H36N4O8. The summed E-state index contributed by atoms with van der Waals surface area (Å²) >= 11 is 0. The van der Waals surface area contributed by atoms with E-state index in [0.717, 1.165) is 0 Å². The predicted molar refractivity (Wildman–Crippen MR) is 129 cm³/mol. The number of nitrogens with one attached hydrogen (secondary N) is 4. The quantitative estimate of drug-likeness (QED) is 0.289. The van der Waals surface area contributed by atoms with Crippen molar-refractivity contribution >= 4 is 23.7 Å². The maximum Gasteiger partial charge on any atom is 0.322 e. The Hall–Kier alpha value is -3.38. The lowest BCUT2D eigenvalue weighted by Crippen LogP contribution is -2.65. The minimum absolute atomic E-state index is 0.165. The average Bonchev–Trinajstić information content (AvgIpc) is 2.83. The van der Waals surface area contributed by atoms with E-state index in [1.807, 2.05) is 0 Å². The van der Waals surface area contributed by atoms with Gasteiger partial charge < -0.3 is 41.0 Å². The van der Waals surface area contributed by atoms with Gasteiger partial charge in [0.15, 0.2) is 11.5 Å². The van der Waals surface area contributed by atoms with Gasteiger partial charge in [0.2, 0.25) is 17.7 Å². The standard InChI is InChI=1S/C24H36N4O8/c1-7-24(4)20(23(34)26-11-16(29)30)28-21(32)17(12(2)3)27-22(33)18(25-5)19(31)13-8-9-14(35-6)15(10-13)36-24/h8-10,12,17-20,25,31H,7,11H2,1-6H3,(H,26,34)(H,27,33)(H,28,32)(H,29,30)/t17-,18?,19+,20+,24+/m0/s1. The van der Waals surface area contributed by atoms with Gasteiger partial charge in [0.05, 0.1) is 7.11 Å². The van der Waals surface area contributed by atoms with Gasteiger partial charge in [-0.15, -0.1) is 0 Å². The average molecular weight is 509 g/mol. The van der Waals surface area contributed by atoms with Crippen molar-refractivity contribution in [1.29, 1.82) is 0 Å².